The summed E-state index contributed by atoms with van der Waals surface area (Å²) in [4.78, 5) is 20.4. The highest BCUT2D eigenvalue weighted by Gasteiger charge is 2.35. The van der Waals surface area contributed by atoms with E-state index in [1.54, 1.807) is 12.4 Å². The van der Waals surface area contributed by atoms with Gasteiger partial charge in [0.2, 0.25) is 0 Å². The average molecular weight is 233 g/mol. The van der Waals surface area contributed by atoms with Gasteiger partial charge in [-0.1, -0.05) is 6.92 Å². The van der Waals surface area contributed by atoms with E-state index in [2.05, 4.69) is 9.97 Å². The van der Waals surface area contributed by atoms with E-state index in [0.717, 1.165) is 5.52 Å². The lowest BCUT2D eigenvalue weighted by Gasteiger charge is -2.27. The smallest absolute Gasteiger partial charge is 0.331 e. The highest BCUT2D eigenvalue weighted by Crippen LogP contribution is 2.26. The molecule has 2 aromatic heterocycles. The van der Waals surface area contributed by atoms with Gasteiger partial charge in [0.25, 0.3) is 0 Å². The van der Waals surface area contributed by atoms with Gasteiger partial charge in [0.15, 0.2) is 5.65 Å². The molecule has 0 saturated carbocycles. The van der Waals surface area contributed by atoms with Crippen molar-refractivity contribution in [3.05, 3.63) is 24.7 Å². The fourth-order valence-electron chi connectivity index (χ4n) is 1.89. The molecule has 0 radical (unpaired) electrons. The zero-order valence-corrected chi connectivity index (χ0v) is 10.2. The minimum atomic E-state index is -0.744. The topological polar surface area (TPSA) is 57.0 Å². The van der Waals surface area contributed by atoms with E-state index in [9.17, 15) is 4.79 Å². The van der Waals surface area contributed by atoms with E-state index in [0.29, 0.717) is 12.1 Å². The molecule has 0 N–H and O–H groups in total. The zero-order chi connectivity index (χ0) is 12.5. The molecule has 0 spiro atoms. The van der Waals surface area contributed by atoms with E-state index in [4.69, 9.17) is 4.74 Å². The monoisotopic (exact) mass is 233 g/mol. The molecule has 5 nitrogen and oxygen atoms in total. The van der Waals surface area contributed by atoms with Crippen LogP contribution in [0.15, 0.2) is 24.7 Å². The minimum Gasteiger partial charge on any atom is -0.467 e. The Balaban J connectivity index is 2.61. The molecule has 2 rings (SSSR count). The van der Waals surface area contributed by atoms with Gasteiger partial charge in [0.1, 0.15) is 11.1 Å². The Labute approximate surface area is 99.4 Å². The first-order valence-electron chi connectivity index (χ1n) is 5.50. The third-order valence-electron chi connectivity index (χ3n) is 3.16. The molecule has 0 fully saturated rings. The van der Waals surface area contributed by atoms with Crippen LogP contribution in [0.3, 0.4) is 0 Å². The molecule has 0 saturated heterocycles. The van der Waals surface area contributed by atoms with Crippen LogP contribution in [0.1, 0.15) is 20.3 Å². The summed E-state index contributed by atoms with van der Waals surface area (Å²) < 4.78 is 6.69. The van der Waals surface area contributed by atoms with Gasteiger partial charge in [-0.3, -0.25) is 4.98 Å². The molecular weight excluding hydrogens is 218 g/mol. The molecule has 0 aliphatic heterocycles. The number of aromatic nitrogens is 3. The van der Waals surface area contributed by atoms with Crippen LogP contribution >= 0.6 is 0 Å². The number of fused-ring (bicyclic) bond motifs is 1. The number of methoxy groups -OCH3 is 1. The summed E-state index contributed by atoms with van der Waals surface area (Å²) >= 11 is 0. The third kappa shape index (κ3) is 1.67. The second-order valence-electron chi connectivity index (χ2n) is 4.07. The van der Waals surface area contributed by atoms with Crippen molar-refractivity contribution in [2.45, 2.75) is 25.8 Å². The van der Waals surface area contributed by atoms with Gasteiger partial charge in [-0.15, -0.1) is 0 Å². The first-order chi connectivity index (χ1) is 8.13. The predicted octanol–water partition coefficient (Wildman–Crippen LogP) is 1.73. The molecule has 0 bridgehead atoms. The van der Waals surface area contributed by atoms with Crippen LogP contribution in [0.25, 0.3) is 11.2 Å². The Morgan fingerprint density at radius 1 is 1.47 bits per heavy atom. The zero-order valence-electron chi connectivity index (χ0n) is 10.2. The van der Waals surface area contributed by atoms with Crippen LogP contribution in [-0.4, -0.2) is 27.6 Å². The van der Waals surface area contributed by atoms with E-state index >= 15 is 0 Å². The Kier molecular flexibility index (Phi) is 2.83. The molecule has 1 unspecified atom stereocenters. The van der Waals surface area contributed by atoms with Crippen molar-refractivity contribution < 1.29 is 9.53 Å². The number of hydrogen-bond acceptors (Lipinski definition) is 4. The summed E-state index contributed by atoms with van der Waals surface area (Å²) in [6.07, 6.45) is 5.70. The van der Waals surface area contributed by atoms with Crippen molar-refractivity contribution in [3.8, 4) is 0 Å². The van der Waals surface area contributed by atoms with Crippen molar-refractivity contribution in [2.24, 2.45) is 0 Å². The van der Waals surface area contributed by atoms with Crippen molar-refractivity contribution in [2.75, 3.05) is 7.11 Å². The predicted molar refractivity (Wildman–Crippen MR) is 63.5 cm³/mol. The van der Waals surface area contributed by atoms with Gasteiger partial charge in [-0.05, 0) is 19.4 Å². The molecule has 1 atom stereocenters. The summed E-state index contributed by atoms with van der Waals surface area (Å²) in [5.41, 5.74) is 0.727. The largest absolute Gasteiger partial charge is 0.467 e. The van der Waals surface area contributed by atoms with Gasteiger partial charge in [0, 0.05) is 18.6 Å². The van der Waals surface area contributed by atoms with Crippen LogP contribution < -0.4 is 0 Å². The van der Waals surface area contributed by atoms with E-state index in [1.165, 1.54) is 7.11 Å². The lowest BCUT2D eigenvalue weighted by Crippen LogP contribution is -2.39. The Morgan fingerprint density at radius 3 is 2.82 bits per heavy atom. The summed E-state index contributed by atoms with van der Waals surface area (Å²) in [5.74, 6) is -0.275. The highest BCUT2D eigenvalue weighted by atomic mass is 16.5. The normalized spacial score (nSPS) is 14.5. The lowest BCUT2D eigenvalue weighted by atomic mass is 9.99. The third-order valence-corrected chi connectivity index (χ3v) is 3.16. The molecule has 0 amide bonds. The van der Waals surface area contributed by atoms with Crippen molar-refractivity contribution in [1.82, 2.24) is 14.5 Å². The van der Waals surface area contributed by atoms with E-state index in [-0.39, 0.29) is 5.97 Å². The number of hydrogen-bond donors (Lipinski definition) is 0. The Hall–Kier alpha value is -1.91. The van der Waals surface area contributed by atoms with Gasteiger partial charge in [-0.25, -0.2) is 9.78 Å². The van der Waals surface area contributed by atoms with Crippen LogP contribution in [0.4, 0.5) is 0 Å². The molecule has 0 aromatic carbocycles. The first-order valence-corrected chi connectivity index (χ1v) is 5.50. The summed E-state index contributed by atoms with van der Waals surface area (Å²) in [7, 11) is 1.40. The molecule has 0 aliphatic carbocycles. The summed E-state index contributed by atoms with van der Waals surface area (Å²) in [5, 5.41) is 0. The van der Waals surface area contributed by atoms with Gasteiger partial charge in [0.05, 0.1) is 7.11 Å². The van der Waals surface area contributed by atoms with Gasteiger partial charge < -0.3 is 9.30 Å². The van der Waals surface area contributed by atoms with Crippen LogP contribution in [0.5, 0.6) is 0 Å². The molecule has 5 heteroatoms. The second kappa shape index (κ2) is 4.16. The van der Waals surface area contributed by atoms with E-state index in [1.807, 2.05) is 30.7 Å². The molecule has 90 valence electrons. The fourth-order valence-corrected chi connectivity index (χ4v) is 1.89. The fraction of sp³-hybridized carbons (Fsp3) is 0.417. The van der Waals surface area contributed by atoms with E-state index < -0.39 is 5.54 Å². The maximum atomic E-state index is 11.9. The van der Waals surface area contributed by atoms with Gasteiger partial charge in [-0.2, -0.15) is 0 Å². The quantitative estimate of drug-likeness (QED) is 0.757. The van der Waals surface area contributed by atoms with Crippen molar-refractivity contribution >= 4 is 17.1 Å². The minimum absolute atomic E-state index is 0.275. The number of rotatable bonds is 3. The standard InChI is InChI=1S/C12H15N3O2/c1-4-12(2,11(16)17-3)15-8-5-9-10(15)14-7-6-13-9/h5-8H,4H2,1-3H3. The number of esters is 1. The number of nitrogens with zero attached hydrogens (tertiary/aromatic N) is 3. The second-order valence-corrected chi connectivity index (χ2v) is 4.07. The van der Waals surface area contributed by atoms with Gasteiger partial charge >= 0.3 is 5.97 Å². The van der Waals surface area contributed by atoms with Crippen molar-refractivity contribution in [3.63, 3.8) is 0 Å². The maximum absolute atomic E-state index is 11.9. The molecular formula is C12H15N3O2. The van der Waals surface area contributed by atoms with Crippen LogP contribution in [-0.2, 0) is 15.1 Å². The van der Waals surface area contributed by atoms with Crippen LogP contribution in [0.2, 0.25) is 0 Å². The maximum Gasteiger partial charge on any atom is 0.331 e. The van der Waals surface area contributed by atoms with Crippen molar-refractivity contribution in [1.29, 1.82) is 0 Å². The number of carbonyl (C=O) groups is 1. The molecule has 0 aliphatic rings. The molecule has 2 aromatic rings. The summed E-state index contributed by atoms with van der Waals surface area (Å²) in [6.45, 7) is 3.78. The average Bonchev–Trinajstić information content (AvgIpc) is 2.81. The first kappa shape index (κ1) is 11.6. The molecule has 17 heavy (non-hydrogen) atoms. The number of ether oxygens (including phenoxy) is 1. The SMILES string of the molecule is CCC(C)(C(=O)OC)n1ccc2nccnc21. The summed E-state index contributed by atoms with van der Waals surface area (Å²) in [6, 6.07) is 1.85. The number of carbonyl (C=O) groups excluding carboxylic acids is 1. The van der Waals surface area contributed by atoms with Crippen LogP contribution in [0, 0.1) is 0 Å². The highest BCUT2D eigenvalue weighted by molar-refractivity contribution is 5.82. The Bertz CT molecular complexity index is 549. The Morgan fingerprint density at radius 2 is 2.18 bits per heavy atom. The molecule has 2 heterocycles. The lowest BCUT2D eigenvalue weighted by molar-refractivity contribution is -0.150.